The lowest BCUT2D eigenvalue weighted by Crippen LogP contribution is -2.27. The van der Waals surface area contributed by atoms with Gasteiger partial charge in [-0.05, 0) is 37.6 Å². The summed E-state index contributed by atoms with van der Waals surface area (Å²) in [6, 6.07) is 7.85. The second kappa shape index (κ2) is 7.54. The second-order valence-corrected chi connectivity index (χ2v) is 7.87. The first kappa shape index (κ1) is 19.4. The largest absolute Gasteiger partial charge is 0.573 e. The molecule has 1 N–H and O–H groups in total. The quantitative estimate of drug-likeness (QED) is 0.732. The Balaban J connectivity index is 2.07. The third kappa shape index (κ3) is 5.55. The normalized spacial score (nSPS) is 12.2. The van der Waals surface area contributed by atoms with Gasteiger partial charge in [-0.25, -0.2) is 13.1 Å². The van der Waals surface area contributed by atoms with E-state index in [1.165, 1.54) is 30.4 Å². The van der Waals surface area contributed by atoms with Crippen LogP contribution in [-0.2, 0) is 16.4 Å². The third-order valence-electron chi connectivity index (χ3n) is 3.04. The van der Waals surface area contributed by atoms with Gasteiger partial charge in [0.1, 0.15) is 10.6 Å². The van der Waals surface area contributed by atoms with Crippen molar-refractivity contribution in [2.45, 2.75) is 24.6 Å². The molecule has 2 aromatic rings. The van der Waals surface area contributed by atoms with E-state index in [9.17, 15) is 26.4 Å². The molecule has 0 radical (unpaired) electrons. The number of para-hydroxylation sites is 1. The van der Waals surface area contributed by atoms with Crippen molar-refractivity contribution in [2.24, 2.45) is 0 Å². The van der Waals surface area contributed by atoms with Gasteiger partial charge in [0.2, 0.25) is 10.0 Å². The van der Waals surface area contributed by atoms with E-state index in [4.69, 9.17) is 0 Å². The zero-order chi connectivity index (χ0) is 18.7. The molecule has 5 nitrogen and oxygen atoms in total. The minimum absolute atomic E-state index is 0.0272. The number of sulfonamides is 1. The number of rotatable bonds is 7. The highest BCUT2D eigenvalue weighted by Crippen LogP contribution is 2.29. The molecular formula is C15H14F3NO4S2. The average Bonchev–Trinajstić information content (AvgIpc) is 2.95. The van der Waals surface area contributed by atoms with Crippen LogP contribution in [-0.4, -0.2) is 27.1 Å². The Bertz CT molecular complexity index is 860. The summed E-state index contributed by atoms with van der Waals surface area (Å²) in [6.07, 6.45) is -4.69. The van der Waals surface area contributed by atoms with E-state index in [0.29, 0.717) is 11.3 Å². The number of thiophene rings is 1. The van der Waals surface area contributed by atoms with Crippen molar-refractivity contribution in [3.63, 3.8) is 0 Å². The Morgan fingerprint density at radius 1 is 1.20 bits per heavy atom. The molecule has 1 aromatic heterocycles. The van der Waals surface area contributed by atoms with Crippen LogP contribution in [0.5, 0.6) is 5.75 Å². The maximum absolute atomic E-state index is 12.4. The highest BCUT2D eigenvalue weighted by Gasteiger charge is 2.33. The molecule has 0 spiro atoms. The van der Waals surface area contributed by atoms with Crippen molar-refractivity contribution in [2.75, 3.05) is 6.54 Å². The van der Waals surface area contributed by atoms with E-state index in [-0.39, 0.29) is 12.3 Å². The minimum Gasteiger partial charge on any atom is -0.404 e. The molecule has 1 heterocycles. The second-order valence-electron chi connectivity index (χ2n) is 4.96. The van der Waals surface area contributed by atoms with Crippen molar-refractivity contribution in [1.82, 2.24) is 4.72 Å². The first-order valence-corrected chi connectivity index (χ1v) is 9.32. The number of nitrogens with one attached hydrogen (secondary N) is 1. The predicted octanol–water partition coefficient (Wildman–Crippen LogP) is 3.37. The monoisotopic (exact) mass is 393 g/mol. The summed E-state index contributed by atoms with van der Waals surface area (Å²) in [7, 11) is -4.18. The molecule has 25 heavy (non-hydrogen) atoms. The minimum atomic E-state index is -4.99. The van der Waals surface area contributed by atoms with Gasteiger partial charge in [0, 0.05) is 11.4 Å². The van der Waals surface area contributed by atoms with Crippen molar-refractivity contribution < 1.29 is 31.1 Å². The summed E-state index contributed by atoms with van der Waals surface area (Å²) in [4.78, 5) is 12.0. The Morgan fingerprint density at radius 2 is 1.88 bits per heavy atom. The Kier molecular flexibility index (Phi) is 5.86. The van der Waals surface area contributed by atoms with E-state index < -0.39 is 27.0 Å². The van der Waals surface area contributed by atoms with Gasteiger partial charge in [-0.15, -0.1) is 24.5 Å². The van der Waals surface area contributed by atoms with Crippen LogP contribution >= 0.6 is 11.3 Å². The number of hydrogen-bond donors (Lipinski definition) is 1. The van der Waals surface area contributed by atoms with Crippen LogP contribution in [0.4, 0.5) is 13.2 Å². The fourth-order valence-electron chi connectivity index (χ4n) is 1.97. The van der Waals surface area contributed by atoms with E-state index in [0.717, 1.165) is 17.0 Å². The molecule has 0 amide bonds. The lowest BCUT2D eigenvalue weighted by molar-refractivity contribution is -0.275. The lowest BCUT2D eigenvalue weighted by atomic mass is 10.3. The molecule has 1 aromatic carbocycles. The number of Topliss-reactive ketones (excluding diaryl/α,β-unsaturated/α-hetero) is 1. The maximum atomic E-state index is 12.4. The van der Waals surface area contributed by atoms with Crippen LogP contribution in [0.2, 0.25) is 0 Å². The topological polar surface area (TPSA) is 72.5 Å². The smallest absolute Gasteiger partial charge is 0.404 e. The number of carbonyl (C=O) groups excluding carboxylic acids is 1. The summed E-state index contributed by atoms with van der Waals surface area (Å²) in [5, 5.41) is 0. The van der Waals surface area contributed by atoms with E-state index in [1.807, 2.05) is 0 Å². The van der Waals surface area contributed by atoms with Gasteiger partial charge in [0.15, 0.2) is 5.78 Å². The molecule has 10 heteroatoms. The highest BCUT2D eigenvalue weighted by atomic mass is 32.2. The molecule has 136 valence electrons. The van der Waals surface area contributed by atoms with E-state index in [1.54, 1.807) is 12.1 Å². The molecule has 0 unspecified atom stereocenters. The van der Waals surface area contributed by atoms with Crippen LogP contribution in [0.25, 0.3) is 0 Å². The number of benzene rings is 1. The van der Waals surface area contributed by atoms with Gasteiger partial charge in [-0.2, -0.15) is 0 Å². The van der Waals surface area contributed by atoms with Gasteiger partial charge in [-0.1, -0.05) is 12.1 Å². The molecule has 0 aliphatic heterocycles. The molecule has 0 saturated heterocycles. The fourth-order valence-corrected chi connectivity index (χ4v) is 4.03. The van der Waals surface area contributed by atoms with Crippen molar-refractivity contribution in [1.29, 1.82) is 0 Å². The van der Waals surface area contributed by atoms with Crippen LogP contribution in [0.1, 0.15) is 21.5 Å². The maximum Gasteiger partial charge on any atom is 0.573 e. The molecule has 0 aliphatic carbocycles. The number of hydrogen-bond acceptors (Lipinski definition) is 5. The summed E-state index contributed by atoms with van der Waals surface area (Å²) in [6.45, 7) is 1.40. The Hall–Kier alpha value is -1.91. The number of ketones is 1. The summed E-state index contributed by atoms with van der Waals surface area (Å²) in [5.41, 5.74) is 0. The molecule has 0 saturated carbocycles. The number of halogens is 3. The Morgan fingerprint density at radius 3 is 2.48 bits per heavy atom. The fraction of sp³-hybridized carbons (Fsp3) is 0.267. The standard InChI is InChI=1S/C15H14F3NO4S2/c1-10(20)13-7-6-11(24-13)8-9-19-25(21,22)14-5-3-2-4-12(14)23-15(16,17)18/h2-7,19H,8-9H2,1H3. The van der Waals surface area contributed by atoms with Crippen molar-refractivity contribution >= 4 is 27.1 Å². The molecule has 0 fully saturated rings. The van der Waals surface area contributed by atoms with Crippen molar-refractivity contribution in [3.8, 4) is 5.75 Å². The SMILES string of the molecule is CC(=O)c1ccc(CCNS(=O)(=O)c2ccccc2OC(F)(F)F)s1. The predicted molar refractivity (Wildman–Crippen MR) is 86.3 cm³/mol. The number of carbonyl (C=O) groups is 1. The van der Waals surface area contributed by atoms with Gasteiger partial charge < -0.3 is 4.74 Å². The molecular weight excluding hydrogens is 379 g/mol. The van der Waals surface area contributed by atoms with Crippen molar-refractivity contribution in [3.05, 3.63) is 46.2 Å². The van der Waals surface area contributed by atoms with Crippen LogP contribution in [0, 0.1) is 0 Å². The zero-order valence-electron chi connectivity index (χ0n) is 13.0. The number of ether oxygens (including phenoxy) is 1. The average molecular weight is 393 g/mol. The highest BCUT2D eigenvalue weighted by molar-refractivity contribution is 7.89. The molecule has 0 aliphatic rings. The molecule has 2 rings (SSSR count). The van der Waals surface area contributed by atoms with Gasteiger partial charge in [0.05, 0.1) is 4.88 Å². The first-order valence-electron chi connectivity index (χ1n) is 7.02. The third-order valence-corrected chi connectivity index (χ3v) is 5.78. The Labute approximate surface area is 146 Å². The van der Waals surface area contributed by atoms with Crippen LogP contribution < -0.4 is 9.46 Å². The van der Waals surface area contributed by atoms with E-state index >= 15 is 0 Å². The zero-order valence-corrected chi connectivity index (χ0v) is 14.6. The van der Waals surface area contributed by atoms with Gasteiger partial charge in [-0.3, -0.25) is 4.79 Å². The van der Waals surface area contributed by atoms with Crippen LogP contribution in [0.3, 0.4) is 0 Å². The molecule has 0 bridgehead atoms. The summed E-state index contributed by atoms with van der Waals surface area (Å²) < 4.78 is 67.6. The lowest BCUT2D eigenvalue weighted by Gasteiger charge is -2.13. The summed E-state index contributed by atoms with van der Waals surface area (Å²) in [5.74, 6) is -0.882. The number of alkyl halides is 3. The first-order chi connectivity index (χ1) is 11.6. The molecule has 0 atom stereocenters. The van der Waals surface area contributed by atoms with Gasteiger partial charge >= 0.3 is 6.36 Å². The van der Waals surface area contributed by atoms with Gasteiger partial charge in [0.25, 0.3) is 0 Å². The van der Waals surface area contributed by atoms with Crippen LogP contribution in [0.15, 0.2) is 41.3 Å². The summed E-state index contributed by atoms with van der Waals surface area (Å²) >= 11 is 1.24. The van der Waals surface area contributed by atoms with E-state index in [2.05, 4.69) is 9.46 Å².